The van der Waals surface area contributed by atoms with Crippen molar-refractivity contribution in [2.75, 3.05) is 6.54 Å². The molecule has 0 unspecified atom stereocenters. The van der Waals surface area contributed by atoms with Crippen LogP contribution in [0.5, 0.6) is 0 Å². The average molecular weight is 376 g/mol. The first kappa shape index (κ1) is 16.9. The molecule has 8 nitrogen and oxygen atoms in total. The highest BCUT2D eigenvalue weighted by Gasteiger charge is 2.23. The van der Waals surface area contributed by atoms with Gasteiger partial charge in [0.05, 0.1) is 17.7 Å². The number of aromatic amines is 1. The van der Waals surface area contributed by atoms with E-state index in [-0.39, 0.29) is 5.56 Å². The van der Waals surface area contributed by atoms with Gasteiger partial charge in [0, 0.05) is 54.8 Å². The fourth-order valence-corrected chi connectivity index (χ4v) is 3.74. The van der Waals surface area contributed by atoms with Crippen molar-refractivity contribution in [3.63, 3.8) is 0 Å². The van der Waals surface area contributed by atoms with Gasteiger partial charge in [-0.25, -0.2) is 19.5 Å². The molecular weight excluding hydrogens is 356 g/mol. The molecule has 1 N–H and O–H groups in total. The van der Waals surface area contributed by atoms with E-state index in [4.69, 9.17) is 9.40 Å². The summed E-state index contributed by atoms with van der Waals surface area (Å²) in [6.45, 7) is 5.96. The summed E-state index contributed by atoms with van der Waals surface area (Å²) < 4.78 is 6.91. The van der Waals surface area contributed by atoms with Crippen LogP contribution < -0.4 is 5.56 Å². The average Bonchev–Trinajstić information content (AvgIpc) is 3.29. The Balaban J connectivity index is 1.48. The van der Waals surface area contributed by atoms with Gasteiger partial charge < -0.3 is 4.42 Å². The highest BCUT2D eigenvalue weighted by Crippen LogP contribution is 2.24. The van der Waals surface area contributed by atoms with Crippen molar-refractivity contribution in [3.8, 4) is 11.3 Å². The quantitative estimate of drug-likeness (QED) is 0.590. The molecule has 4 aromatic heterocycles. The molecule has 0 saturated carbocycles. The maximum atomic E-state index is 13.0. The minimum absolute atomic E-state index is 0.0225. The minimum Gasteiger partial charge on any atom is -0.469 e. The zero-order valence-electron chi connectivity index (χ0n) is 15.8. The number of hydrogen-bond donors (Lipinski definition) is 1. The number of aromatic nitrogens is 5. The highest BCUT2D eigenvalue weighted by molar-refractivity contribution is 5.65. The largest absolute Gasteiger partial charge is 0.469 e. The summed E-state index contributed by atoms with van der Waals surface area (Å²) >= 11 is 0. The zero-order valence-corrected chi connectivity index (χ0v) is 15.8. The zero-order chi connectivity index (χ0) is 19.3. The summed E-state index contributed by atoms with van der Waals surface area (Å²) in [5.41, 5.74) is 5.05. The molecule has 5 heterocycles. The van der Waals surface area contributed by atoms with Gasteiger partial charge in [-0.15, -0.1) is 0 Å². The van der Waals surface area contributed by atoms with Crippen LogP contribution in [-0.2, 0) is 19.5 Å². The molecule has 5 rings (SSSR count). The summed E-state index contributed by atoms with van der Waals surface area (Å²) in [6.07, 6.45) is 6.03. The Labute approximate surface area is 160 Å². The van der Waals surface area contributed by atoms with Gasteiger partial charge in [0.25, 0.3) is 5.56 Å². The topological polar surface area (TPSA) is 92.3 Å². The fourth-order valence-electron chi connectivity index (χ4n) is 3.74. The molecular formula is C20H20N6O2. The van der Waals surface area contributed by atoms with E-state index in [1.165, 1.54) is 4.52 Å². The number of nitrogens with zero attached hydrogens (tertiary/aromatic N) is 5. The van der Waals surface area contributed by atoms with Crippen LogP contribution in [0.15, 0.2) is 40.0 Å². The monoisotopic (exact) mass is 376 g/mol. The molecule has 0 atom stereocenters. The van der Waals surface area contributed by atoms with E-state index in [2.05, 4.69) is 20.0 Å². The van der Waals surface area contributed by atoms with Crippen molar-refractivity contribution in [2.45, 2.75) is 33.4 Å². The molecule has 142 valence electrons. The smallest absolute Gasteiger partial charge is 0.276 e. The molecule has 0 aliphatic carbocycles. The fraction of sp³-hybridized carbons (Fsp3) is 0.300. The van der Waals surface area contributed by atoms with Crippen LogP contribution >= 0.6 is 0 Å². The standard InChI is InChI=1S/C20H20N6O2/c1-12-15(4-6-28-12)17-7-19-23-18-11-25(10-14-8-21-13(2)22-9-14)5-3-16(18)20(27)26(19)24-17/h4,6-9,24H,3,5,10-11H2,1-2H3. The van der Waals surface area contributed by atoms with Crippen LogP contribution in [-0.4, -0.2) is 36.0 Å². The van der Waals surface area contributed by atoms with E-state index in [0.717, 1.165) is 52.8 Å². The highest BCUT2D eigenvalue weighted by atomic mass is 16.3. The molecule has 0 spiro atoms. The molecule has 8 heteroatoms. The Hall–Kier alpha value is -3.26. The predicted molar refractivity (Wildman–Crippen MR) is 103 cm³/mol. The Kier molecular flexibility index (Phi) is 3.87. The number of H-pyrrole nitrogens is 1. The number of rotatable bonds is 3. The van der Waals surface area contributed by atoms with Gasteiger partial charge in [-0.05, 0) is 26.3 Å². The van der Waals surface area contributed by atoms with E-state index < -0.39 is 0 Å². The van der Waals surface area contributed by atoms with Crippen molar-refractivity contribution in [1.29, 1.82) is 0 Å². The third kappa shape index (κ3) is 2.82. The molecule has 0 aromatic carbocycles. The van der Waals surface area contributed by atoms with E-state index in [1.54, 1.807) is 6.26 Å². The second-order valence-electron chi connectivity index (χ2n) is 7.20. The second-order valence-corrected chi connectivity index (χ2v) is 7.20. The molecule has 1 aliphatic rings. The summed E-state index contributed by atoms with van der Waals surface area (Å²) in [5, 5.41) is 3.17. The maximum absolute atomic E-state index is 13.0. The summed E-state index contributed by atoms with van der Waals surface area (Å²) in [6, 6.07) is 3.78. The maximum Gasteiger partial charge on any atom is 0.276 e. The molecule has 4 aromatic rings. The lowest BCUT2D eigenvalue weighted by Crippen LogP contribution is -2.36. The summed E-state index contributed by atoms with van der Waals surface area (Å²) in [5.74, 6) is 1.57. The van der Waals surface area contributed by atoms with Crippen molar-refractivity contribution in [3.05, 3.63) is 69.5 Å². The van der Waals surface area contributed by atoms with Gasteiger partial charge >= 0.3 is 0 Å². The van der Waals surface area contributed by atoms with Gasteiger partial charge in [-0.1, -0.05) is 0 Å². The normalized spacial score (nSPS) is 14.5. The van der Waals surface area contributed by atoms with E-state index >= 15 is 0 Å². The number of hydrogen-bond acceptors (Lipinski definition) is 6. The molecule has 0 fully saturated rings. The Bertz CT molecular complexity index is 1220. The van der Waals surface area contributed by atoms with Crippen LogP contribution in [0.1, 0.15) is 28.4 Å². The second kappa shape index (κ2) is 6.42. The summed E-state index contributed by atoms with van der Waals surface area (Å²) in [4.78, 5) is 28.5. The van der Waals surface area contributed by atoms with Gasteiger partial charge in [0.1, 0.15) is 11.6 Å². The van der Waals surface area contributed by atoms with Crippen LogP contribution in [0.25, 0.3) is 16.9 Å². The Morgan fingerprint density at radius 2 is 2.07 bits per heavy atom. The van der Waals surface area contributed by atoms with Crippen molar-refractivity contribution >= 4 is 5.65 Å². The number of aryl methyl sites for hydroxylation is 2. The van der Waals surface area contributed by atoms with Gasteiger partial charge in [0.15, 0.2) is 5.65 Å². The first-order valence-corrected chi connectivity index (χ1v) is 9.26. The van der Waals surface area contributed by atoms with Crippen LogP contribution in [0.3, 0.4) is 0 Å². The number of nitrogens with one attached hydrogen (secondary N) is 1. The van der Waals surface area contributed by atoms with Crippen molar-refractivity contribution in [1.82, 2.24) is 29.5 Å². The lowest BCUT2D eigenvalue weighted by molar-refractivity contribution is 0.240. The van der Waals surface area contributed by atoms with Gasteiger partial charge in [-0.2, -0.15) is 0 Å². The molecule has 0 amide bonds. The summed E-state index contributed by atoms with van der Waals surface area (Å²) in [7, 11) is 0. The molecule has 28 heavy (non-hydrogen) atoms. The number of furan rings is 1. The molecule has 0 radical (unpaired) electrons. The third-order valence-electron chi connectivity index (χ3n) is 5.23. The lowest BCUT2D eigenvalue weighted by Gasteiger charge is -2.27. The first-order chi connectivity index (χ1) is 13.6. The van der Waals surface area contributed by atoms with E-state index in [1.807, 2.05) is 38.4 Å². The lowest BCUT2D eigenvalue weighted by atomic mass is 10.1. The van der Waals surface area contributed by atoms with Crippen LogP contribution in [0, 0.1) is 13.8 Å². The Morgan fingerprint density at radius 3 is 2.82 bits per heavy atom. The van der Waals surface area contributed by atoms with Gasteiger partial charge in [0.2, 0.25) is 0 Å². The van der Waals surface area contributed by atoms with Gasteiger partial charge in [-0.3, -0.25) is 14.8 Å². The minimum atomic E-state index is -0.0225. The molecule has 1 aliphatic heterocycles. The predicted octanol–water partition coefficient (Wildman–Crippen LogP) is 2.25. The third-order valence-corrected chi connectivity index (χ3v) is 5.23. The van der Waals surface area contributed by atoms with Crippen LogP contribution in [0.2, 0.25) is 0 Å². The first-order valence-electron chi connectivity index (χ1n) is 9.26. The molecule has 0 saturated heterocycles. The Morgan fingerprint density at radius 1 is 1.25 bits per heavy atom. The SMILES string of the molecule is Cc1ncc(CN2CCc3c(nc4cc(-c5ccoc5C)[nH]n4c3=O)C2)cn1. The molecule has 0 bridgehead atoms. The van der Waals surface area contributed by atoms with Crippen molar-refractivity contribution < 1.29 is 4.42 Å². The van der Waals surface area contributed by atoms with E-state index in [9.17, 15) is 4.79 Å². The number of fused-ring (bicyclic) bond motifs is 2. The van der Waals surface area contributed by atoms with E-state index in [0.29, 0.717) is 18.6 Å². The van der Waals surface area contributed by atoms with Crippen molar-refractivity contribution in [2.24, 2.45) is 0 Å². The van der Waals surface area contributed by atoms with Crippen LogP contribution in [0.4, 0.5) is 0 Å².